The van der Waals surface area contributed by atoms with Crippen molar-refractivity contribution in [1.29, 1.82) is 0 Å². The van der Waals surface area contributed by atoms with Crippen LogP contribution in [0, 0.1) is 6.92 Å². The number of phenols is 1. The number of aromatic hydroxyl groups is 1. The molecule has 3 nitrogen and oxygen atoms in total. The second kappa shape index (κ2) is 3.55. The van der Waals surface area contributed by atoms with Crippen LogP contribution in [0.5, 0.6) is 5.75 Å². The van der Waals surface area contributed by atoms with Gasteiger partial charge in [0.2, 0.25) is 0 Å². The number of aryl methyl sites for hydroxylation is 1. The number of phenolic OH excluding ortho intramolecular Hbond substituents is 1. The van der Waals surface area contributed by atoms with Crippen molar-refractivity contribution in [3.05, 3.63) is 41.3 Å². The van der Waals surface area contributed by atoms with E-state index in [9.17, 15) is 5.11 Å². The molecule has 3 heteroatoms. The normalized spacial score (nSPS) is 15.9. The van der Waals surface area contributed by atoms with Crippen molar-refractivity contribution in [2.24, 2.45) is 0 Å². The molecule has 1 heterocycles. The summed E-state index contributed by atoms with van der Waals surface area (Å²) in [4.78, 5) is 8.77. The first-order valence-corrected chi connectivity index (χ1v) is 6.13. The van der Waals surface area contributed by atoms with E-state index in [1.54, 1.807) is 12.4 Å². The number of nitrogens with zero attached hydrogens (tertiary/aromatic N) is 2. The Morgan fingerprint density at radius 1 is 1.22 bits per heavy atom. The van der Waals surface area contributed by atoms with Gasteiger partial charge in [-0.1, -0.05) is 13.8 Å². The Morgan fingerprint density at radius 3 is 2.78 bits per heavy atom. The van der Waals surface area contributed by atoms with E-state index in [2.05, 4.69) is 23.8 Å². The third kappa shape index (κ3) is 1.50. The zero-order valence-corrected chi connectivity index (χ0v) is 10.9. The van der Waals surface area contributed by atoms with Crippen molar-refractivity contribution in [3.63, 3.8) is 0 Å². The maximum atomic E-state index is 9.63. The van der Waals surface area contributed by atoms with E-state index in [-0.39, 0.29) is 5.41 Å². The van der Waals surface area contributed by atoms with Crippen LogP contribution in [0.15, 0.2) is 24.5 Å². The van der Waals surface area contributed by atoms with Gasteiger partial charge in [0.1, 0.15) is 12.1 Å². The summed E-state index contributed by atoms with van der Waals surface area (Å²) in [6.07, 6.45) is 2.52. The van der Waals surface area contributed by atoms with Gasteiger partial charge in [-0.15, -0.1) is 0 Å². The molecule has 0 unspecified atom stereocenters. The van der Waals surface area contributed by atoms with Gasteiger partial charge in [0, 0.05) is 16.8 Å². The molecular weight excluding hydrogens is 224 g/mol. The van der Waals surface area contributed by atoms with Gasteiger partial charge in [0.15, 0.2) is 0 Å². The minimum Gasteiger partial charge on any atom is -0.508 e. The first-order valence-electron chi connectivity index (χ1n) is 6.13. The van der Waals surface area contributed by atoms with Gasteiger partial charge >= 0.3 is 0 Å². The highest BCUT2D eigenvalue weighted by molar-refractivity contribution is 5.72. The quantitative estimate of drug-likeness (QED) is 0.770. The fraction of sp³-hybridized carbons (Fsp3) is 0.333. The Morgan fingerprint density at radius 2 is 2.00 bits per heavy atom. The molecule has 3 rings (SSSR count). The summed E-state index contributed by atoms with van der Waals surface area (Å²) in [7, 11) is 0. The molecule has 0 saturated heterocycles. The summed E-state index contributed by atoms with van der Waals surface area (Å²) >= 11 is 0. The molecule has 1 aromatic heterocycles. The predicted octanol–water partition coefficient (Wildman–Crippen LogP) is 2.99. The van der Waals surface area contributed by atoms with Crippen LogP contribution in [0.25, 0.3) is 11.3 Å². The lowest BCUT2D eigenvalue weighted by atomic mass is 9.71. The Balaban J connectivity index is 2.35. The van der Waals surface area contributed by atoms with E-state index < -0.39 is 0 Å². The van der Waals surface area contributed by atoms with Crippen LogP contribution in [0.2, 0.25) is 0 Å². The van der Waals surface area contributed by atoms with Crippen LogP contribution in [0.1, 0.15) is 30.7 Å². The van der Waals surface area contributed by atoms with Crippen molar-refractivity contribution in [2.45, 2.75) is 32.6 Å². The van der Waals surface area contributed by atoms with Crippen molar-refractivity contribution in [3.8, 4) is 17.0 Å². The van der Waals surface area contributed by atoms with Gasteiger partial charge in [-0.25, -0.2) is 9.97 Å². The molecule has 0 fully saturated rings. The molecule has 0 spiro atoms. The zero-order chi connectivity index (χ0) is 12.9. The summed E-state index contributed by atoms with van der Waals surface area (Å²) in [5, 5.41) is 9.63. The standard InChI is InChI=1S/C15H16N2O/c1-9-13-14(17-8-16-9)12-5-4-11(18)6-10(12)7-15(13,2)3/h4-6,8,18H,7H2,1-3H3. The second-order valence-corrected chi connectivity index (χ2v) is 5.58. The largest absolute Gasteiger partial charge is 0.508 e. The number of benzene rings is 1. The van der Waals surface area contributed by atoms with Crippen molar-refractivity contribution < 1.29 is 5.11 Å². The van der Waals surface area contributed by atoms with Gasteiger partial charge < -0.3 is 5.11 Å². The van der Waals surface area contributed by atoms with Crippen LogP contribution in [0.4, 0.5) is 0 Å². The van der Waals surface area contributed by atoms with Crippen molar-refractivity contribution >= 4 is 0 Å². The summed E-state index contributed by atoms with van der Waals surface area (Å²) in [5.74, 6) is 0.318. The van der Waals surface area contributed by atoms with Crippen LogP contribution in [0.3, 0.4) is 0 Å². The highest BCUT2D eigenvalue weighted by Gasteiger charge is 2.33. The maximum absolute atomic E-state index is 9.63. The lowest BCUT2D eigenvalue weighted by Gasteiger charge is -2.34. The molecule has 0 saturated carbocycles. The number of rotatable bonds is 0. The van der Waals surface area contributed by atoms with Crippen LogP contribution in [-0.2, 0) is 11.8 Å². The van der Waals surface area contributed by atoms with Gasteiger partial charge in [0.05, 0.1) is 5.69 Å². The number of fused-ring (bicyclic) bond motifs is 3. The molecule has 0 bridgehead atoms. The number of aromatic nitrogens is 2. The van der Waals surface area contributed by atoms with Crippen molar-refractivity contribution in [1.82, 2.24) is 9.97 Å². The van der Waals surface area contributed by atoms with Crippen LogP contribution < -0.4 is 0 Å². The lowest BCUT2D eigenvalue weighted by molar-refractivity contribution is 0.470. The molecule has 0 radical (unpaired) electrons. The van der Waals surface area contributed by atoms with Crippen molar-refractivity contribution in [2.75, 3.05) is 0 Å². The van der Waals surface area contributed by atoms with E-state index in [1.807, 2.05) is 19.1 Å². The molecule has 1 N–H and O–H groups in total. The number of hydrogen-bond donors (Lipinski definition) is 1. The van der Waals surface area contributed by atoms with Crippen LogP contribution in [-0.4, -0.2) is 15.1 Å². The van der Waals surface area contributed by atoms with E-state index in [4.69, 9.17) is 0 Å². The lowest BCUT2D eigenvalue weighted by Crippen LogP contribution is -2.27. The SMILES string of the molecule is Cc1ncnc2c1C(C)(C)Cc1cc(O)ccc1-2. The zero-order valence-electron chi connectivity index (χ0n) is 10.9. The van der Waals surface area contributed by atoms with Gasteiger partial charge in [-0.3, -0.25) is 0 Å². The predicted molar refractivity (Wildman–Crippen MR) is 70.6 cm³/mol. The second-order valence-electron chi connectivity index (χ2n) is 5.58. The average Bonchev–Trinajstić information content (AvgIpc) is 2.27. The van der Waals surface area contributed by atoms with Gasteiger partial charge in [-0.2, -0.15) is 0 Å². The monoisotopic (exact) mass is 240 g/mol. The Hall–Kier alpha value is -1.90. The topological polar surface area (TPSA) is 46.0 Å². The Kier molecular flexibility index (Phi) is 2.21. The number of hydrogen-bond acceptors (Lipinski definition) is 3. The highest BCUT2D eigenvalue weighted by Crippen LogP contribution is 2.43. The summed E-state index contributed by atoms with van der Waals surface area (Å²) in [5.41, 5.74) is 5.56. The van der Waals surface area contributed by atoms with Crippen LogP contribution >= 0.6 is 0 Å². The third-order valence-electron chi connectivity index (χ3n) is 3.69. The average molecular weight is 240 g/mol. The molecule has 1 aromatic carbocycles. The smallest absolute Gasteiger partial charge is 0.116 e. The highest BCUT2D eigenvalue weighted by atomic mass is 16.3. The Labute approximate surface area is 107 Å². The summed E-state index contributed by atoms with van der Waals surface area (Å²) in [6.45, 7) is 6.44. The van der Waals surface area contributed by atoms with E-state index in [0.29, 0.717) is 5.75 Å². The van der Waals surface area contributed by atoms with E-state index in [1.165, 1.54) is 5.56 Å². The molecule has 0 aliphatic heterocycles. The summed E-state index contributed by atoms with van der Waals surface area (Å²) in [6, 6.07) is 5.51. The third-order valence-corrected chi connectivity index (χ3v) is 3.69. The fourth-order valence-corrected chi connectivity index (χ4v) is 3.01. The molecule has 1 aliphatic rings. The molecule has 0 amide bonds. The molecule has 1 aliphatic carbocycles. The Bertz CT molecular complexity index is 632. The minimum atomic E-state index is 0.00146. The summed E-state index contributed by atoms with van der Waals surface area (Å²) < 4.78 is 0. The first kappa shape index (κ1) is 11.2. The molecular formula is C15H16N2O. The molecule has 92 valence electrons. The molecule has 0 atom stereocenters. The molecule has 18 heavy (non-hydrogen) atoms. The molecule has 2 aromatic rings. The van der Waals surface area contributed by atoms with E-state index in [0.717, 1.165) is 28.9 Å². The first-order chi connectivity index (χ1) is 8.49. The fourth-order valence-electron chi connectivity index (χ4n) is 3.01. The minimum absolute atomic E-state index is 0.00146. The van der Waals surface area contributed by atoms with Gasteiger partial charge in [-0.05, 0) is 42.5 Å². The van der Waals surface area contributed by atoms with E-state index >= 15 is 0 Å². The maximum Gasteiger partial charge on any atom is 0.116 e. The van der Waals surface area contributed by atoms with Gasteiger partial charge in [0.25, 0.3) is 0 Å².